The van der Waals surface area contributed by atoms with Crippen LogP contribution >= 0.6 is 11.3 Å². The number of nitrogens with one attached hydrogen (secondary N) is 2. The summed E-state index contributed by atoms with van der Waals surface area (Å²) in [6.07, 6.45) is 2.04. The Morgan fingerprint density at radius 3 is 2.70 bits per heavy atom. The number of thiophene rings is 1. The lowest BCUT2D eigenvalue weighted by Crippen LogP contribution is -3.11. The molecular weight excluding hydrogens is 367 g/mol. The number of hydrogen-bond donors (Lipinski definition) is 2. The molecule has 144 valence electrons. The van der Waals surface area contributed by atoms with Crippen molar-refractivity contribution in [2.45, 2.75) is 32.7 Å². The number of carbonyl (C=O) groups excluding carboxylic acids is 2. The molecule has 0 spiro atoms. The van der Waals surface area contributed by atoms with Gasteiger partial charge in [-0.15, -0.1) is 11.3 Å². The highest BCUT2D eigenvalue weighted by molar-refractivity contribution is 7.17. The molecule has 1 atom stereocenters. The standard InChI is InChI=1S/C20H23FN2O3S/c1-3-9-23-10-8-15-16(12-23)27-19(18(15)20(25)26-2)22-17(24)11-13-4-6-14(21)7-5-13/h4-7H,3,8-12H2,1-2H3,(H,22,24)/p+1. The van der Waals surface area contributed by atoms with Gasteiger partial charge in [0.1, 0.15) is 17.4 Å². The molecule has 7 heteroatoms. The number of carbonyl (C=O) groups is 2. The van der Waals surface area contributed by atoms with E-state index < -0.39 is 5.97 Å². The first-order valence-corrected chi connectivity index (χ1v) is 9.94. The van der Waals surface area contributed by atoms with Crippen molar-refractivity contribution in [1.29, 1.82) is 0 Å². The molecule has 1 amide bonds. The van der Waals surface area contributed by atoms with Gasteiger partial charge in [0.05, 0.1) is 37.1 Å². The van der Waals surface area contributed by atoms with Crippen molar-refractivity contribution in [1.82, 2.24) is 0 Å². The largest absolute Gasteiger partial charge is 0.465 e. The Balaban J connectivity index is 1.80. The molecule has 27 heavy (non-hydrogen) atoms. The maximum atomic E-state index is 13.0. The fourth-order valence-electron chi connectivity index (χ4n) is 3.47. The molecule has 0 fully saturated rings. The summed E-state index contributed by atoms with van der Waals surface area (Å²) < 4.78 is 18.0. The van der Waals surface area contributed by atoms with Crippen LogP contribution in [0.5, 0.6) is 0 Å². The molecule has 0 bridgehead atoms. The summed E-state index contributed by atoms with van der Waals surface area (Å²) in [7, 11) is 1.36. The van der Waals surface area contributed by atoms with Gasteiger partial charge < -0.3 is 15.0 Å². The molecule has 3 rings (SSSR count). The molecule has 0 saturated carbocycles. The minimum Gasteiger partial charge on any atom is -0.465 e. The molecule has 2 aromatic rings. The highest BCUT2D eigenvalue weighted by Crippen LogP contribution is 2.35. The molecule has 2 N–H and O–H groups in total. The summed E-state index contributed by atoms with van der Waals surface area (Å²) in [6.45, 7) is 5.10. The Morgan fingerprint density at radius 2 is 2.04 bits per heavy atom. The third kappa shape index (κ3) is 4.54. The summed E-state index contributed by atoms with van der Waals surface area (Å²) >= 11 is 1.46. The van der Waals surface area contributed by atoms with Gasteiger partial charge in [0.15, 0.2) is 0 Å². The lowest BCUT2D eigenvalue weighted by Gasteiger charge is -2.23. The normalized spacial score (nSPS) is 15.9. The summed E-state index contributed by atoms with van der Waals surface area (Å²) in [6, 6.07) is 5.83. The second kappa shape index (κ2) is 8.63. The fraction of sp³-hybridized carbons (Fsp3) is 0.400. The molecule has 1 aromatic heterocycles. The van der Waals surface area contributed by atoms with Crippen molar-refractivity contribution in [3.8, 4) is 0 Å². The van der Waals surface area contributed by atoms with Crippen molar-refractivity contribution in [3.05, 3.63) is 51.7 Å². The van der Waals surface area contributed by atoms with E-state index in [1.54, 1.807) is 12.1 Å². The van der Waals surface area contributed by atoms with Crippen molar-refractivity contribution in [2.24, 2.45) is 0 Å². The Kier molecular flexibility index (Phi) is 6.23. The lowest BCUT2D eigenvalue weighted by molar-refractivity contribution is -0.915. The Morgan fingerprint density at radius 1 is 1.30 bits per heavy atom. The molecule has 0 aliphatic carbocycles. The Labute approximate surface area is 162 Å². The lowest BCUT2D eigenvalue weighted by atomic mass is 10.0. The highest BCUT2D eigenvalue weighted by Gasteiger charge is 2.30. The number of methoxy groups -OCH3 is 1. The number of amides is 1. The van der Waals surface area contributed by atoms with Gasteiger partial charge in [0.25, 0.3) is 0 Å². The third-order valence-electron chi connectivity index (χ3n) is 4.75. The number of hydrogen-bond acceptors (Lipinski definition) is 4. The summed E-state index contributed by atoms with van der Waals surface area (Å²) in [5.74, 6) is -0.983. The van der Waals surface area contributed by atoms with Crippen LogP contribution in [0.1, 0.15) is 39.7 Å². The number of fused-ring (bicyclic) bond motifs is 1. The molecule has 1 aliphatic heterocycles. The molecule has 1 unspecified atom stereocenters. The second-order valence-electron chi connectivity index (χ2n) is 6.73. The van der Waals surface area contributed by atoms with E-state index in [4.69, 9.17) is 4.74 Å². The predicted molar refractivity (Wildman–Crippen MR) is 103 cm³/mol. The van der Waals surface area contributed by atoms with Gasteiger partial charge in [0.2, 0.25) is 5.91 Å². The number of ether oxygens (including phenoxy) is 1. The maximum absolute atomic E-state index is 13.0. The minimum atomic E-state index is -0.413. The molecule has 1 aromatic carbocycles. The first-order valence-electron chi connectivity index (χ1n) is 9.12. The first-order chi connectivity index (χ1) is 13.0. The van der Waals surface area contributed by atoms with Gasteiger partial charge in [0, 0.05) is 6.42 Å². The Hall–Kier alpha value is -2.25. The van der Waals surface area contributed by atoms with Crippen molar-refractivity contribution in [3.63, 3.8) is 0 Å². The molecule has 2 heterocycles. The van der Waals surface area contributed by atoms with E-state index >= 15 is 0 Å². The summed E-state index contributed by atoms with van der Waals surface area (Å²) in [5, 5.41) is 3.42. The zero-order valence-corrected chi connectivity index (χ0v) is 16.4. The minimum absolute atomic E-state index is 0.122. The highest BCUT2D eigenvalue weighted by atomic mass is 32.1. The fourth-order valence-corrected chi connectivity index (χ4v) is 4.79. The molecule has 0 saturated heterocycles. The summed E-state index contributed by atoms with van der Waals surface area (Å²) in [4.78, 5) is 27.4. The van der Waals surface area contributed by atoms with E-state index in [0.29, 0.717) is 16.1 Å². The van der Waals surface area contributed by atoms with Gasteiger partial charge in [-0.3, -0.25) is 4.79 Å². The number of rotatable bonds is 6. The van der Waals surface area contributed by atoms with E-state index in [1.165, 1.54) is 35.5 Å². The van der Waals surface area contributed by atoms with Crippen LogP contribution in [0.4, 0.5) is 9.39 Å². The van der Waals surface area contributed by atoms with Crippen molar-refractivity contribution < 1.29 is 23.6 Å². The van der Waals surface area contributed by atoms with Crippen LogP contribution in [0, 0.1) is 5.82 Å². The number of benzene rings is 1. The van der Waals surface area contributed by atoms with Crippen LogP contribution in [-0.4, -0.2) is 32.1 Å². The van der Waals surface area contributed by atoms with Gasteiger partial charge >= 0.3 is 5.97 Å². The predicted octanol–water partition coefficient (Wildman–Crippen LogP) is 2.21. The van der Waals surface area contributed by atoms with Crippen molar-refractivity contribution >= 4 is 28.2 Å². The number of anilines is 1. The average Bonchev–Trinajstić information content (AvgIpc) is 3.00. The average molecular weight is 391 g/mol. The van der Waals surface area contributed by atoms with Crippen LogP contribution in [-0.2, 0) is 28.9 Å². The molecule has 1 aliphatic rings. The smallest absolute Gasteiger partial charge is 0.341 e. The first kappa shape index (κ1) is 19.5. The molecule has 0 radical (unpaired) electrons. The zero-order valence-electron chi connectivity index (χ0n) is 15.6. The topological polar surface area (TPSA) is 59.8 Å². The SMILES string of the molecule is CCC[NH+]1CCc2c(sc(NC(=O)Cc3ccc(F)cc3)c2C(=O)OC)C1. The number of halogens is 1. The third-order valence-corrected chi connectivity index (χ3v) is 5.90. The van der Waals surface area contributed by atoms with E-state index in [9.17, 15) is 14.0 Å². The van der Waals surface area contributed by atoms with E-state index in [0.717, 1.165) is 42.9 Å². The van der Waals surface area contributed by atoms with Crippen molar-refractivity contribution in [2.75, 3.05) is 25.5 Å². The second-order valence-corrected chi connectivity index (χ2v) is 7.83. The molecular formula is C20H24FN2O3S+. The van der Waals surface area contributed by atoms with E-state index in [-0.39, 0.29) is 18.1 Å². The molecule has 5 nitrogen and oxygen atoms in total. The van der Waals surface area contributed by atoms with Crippen LogP contribution in [0.25, 0.3) is 0 Å². The van der Waals surface area contributed by atoms with Crippen LogP contribution in [0.2, 0.25) is 0 Å². The zero-order chi connectivity index (χ0) is 19.4. The quantitative estimate of drug-likeness (QED) is 0.743. The summed E-state index contributed by atoms with van der Waals surface area (Å²) in [5.41, 5.74) is 2.21. The van der Waals surface area contributed by atoms with E-state index in [2.05, 4.69) is 12.2 Å². The van der Waals surface area contributed by atoms with Crippen LogP contribution in [0.15, 0.2) is 24.3 Å². The Bertz CT molecular complexity index is 832. The van der Waals surface area contributed by atoms with Gasteiger partial charge in [-0.25, -0.2) is 9.18 Å². The van der Waals surface area contributed by atoms with Gasteiger partial charge in [-0.2, -0.15) is 0 Å². The van der Waals surface area contributed by atoms with Gasteiger partial charge in [-0.1, -0.05) is 19.1 Å². The van der Waals surface area contributed by atoms with E-state index in [1.807, 2.05) is 0 Å². The van der Waals surface area contributed by atoms with Crippen LogP contribution in [0.3, 0.4) is 0 Å². The number of esters is 1. The number of quaternary nitrogens is 1. The monoisotopic (exact) mass is 391 g/mol. The van der Waals surface area contributed by atoms with Crippen LogP contribution < -0.4 is 10.2 Å². The maximum Gasteiger partial charge on any atom is 0.341 e. The van der Waals surface area contributed by atoms with Gasteiger partial charge in [-0.05, 0) is 29.7 Å².